The molecule has 0 atom stereocenters. The van der Waals surface area contributed by atoms with E-state index in [1.807, 2.05) is 60.7 Å². The highest BCUT2D eigenvalue weighted by molar-refractivity contribution is 6.07. The SMILES string of the molecule is N#Cc1ccccc1-c1cccc(-c2cc(-c3ccc4c(c3)oc3ccccc34)cc(-c3ccc4oc5ccccc5c4c3)c2)c1. The highest BCUT2D eigenvalue weighted by atomic mass is 16.3. The van der Waals surface area contributed by atoms with E-state index in [0.29, 0.717) is 5.56 Å². The number of hydrogen-bond donors (Lipinski definition) is 0. The Morgan fingerprint density at radius 1 is 0.348 bits per heavy atom. The van der Waals surface area contributed by atoms with Crippen LogP contribution in [0.15, 0.2) is 160 Å². The summed E-state index contributed by atoms with van der Waals surface area (Å²) in [6.45, 7) is 0. The highest BCUT2D eigenvalue weighted by Gasteiger charge is 2.14. The molecule has 0 spiro atoms. The predicted octanol–water partition coefficient (Wildman–Crippen LogP) is 12.0. The number of nitrogens with zero attached hydrogens (tertiary/aromatic N) is 1. The lowest BCUT2D eigenvalue weighted by Gasteiger charge is -2.13. The molecular formula is C43H25NO2. The van der Waals surface area contributed by atoms with Crippen molar-refractivity contribution in [1.29, 1.82) is 5.26 Å². The number of para-hydroxylation sites is 2. The largest absolute Gasteiger partial charge is 0.456 e. The molecule has 0 radical (unpaired) electrons. The zero-order valence-electron chi connectivity index (χ0n) is 24.7. The normalized spacial score (nSPS) is 11.5. The topological polar surface area (TPSA) is 50.1 Å². The summed E-state index contributed by atoms with van der Waals surface area (Å²) in [5.74, 6) is 0. The molecular weight excluding hydrogens is 562 g/mol. The second-order valence-electron chi connectivity index (χ2n) is 11.7. The number of nitriles is 1. The van der Waals surface area contributed by atoms with Crippen molar-refractivity contribution in [2.45, 2.75) is 0 Å². The van der Waals surface area contributed by atoms with Gasteiger partial charge in [0, 0.05) is 21.5 Å². The van der Waals surface area contributed by atoms with Crippen molar-refractivity contribution in [3.63, 3.8) is 0 Å². The van der Waals surface area contributed by atoms with Crippen molar-refractivity contribution < 1.29 is 8.83 Å². The van der Waals surface area contributed by atoms with E-state index >= 15 is 0 Å². The average molecular weight is 588 g/mol. The molecule has 9 rings (SSSR count). The molecule has 0 aliphatic rings. The maximum absolute atomic E-state index is 9.77. The monoisotopic (exact) mass is 587 g/mol. The number of fused-ring (bicyclic) bond motifs is 6. The summed E-state index contributed by atoms with van der Waals surface area (Å²) < 4.78 is 12.4. The fourth-order valence-corrected chi connectivity index (χ4v) is 6.64. The van der Waals surface area contributed by atoms with Gasteiger partial charge in [-0.3, -0.25) is 0 Å². The van der Waals surface area contributed by atoms with Gasteiger partial charge < -0.3 is 8.83 Å². The summed E-state index contributed by atoms with van der Waals surface area (Å²) >= 11 is 0. The average Bonchev–Trinajstić information content (AvgIpc) is 3.69. The molecule has 0 aliphatic heterocycles. The maximum Gasteiger partial charge on any atom is 0.136 e. The van der Waals surface area contributed by atoms with Crippen molar-refractivity contribution >= 4 is 43.9 Å². The Labute approximate surface area is 265 Å². The second-order valence-corrected chi connectivity index (χ2v) is 11.7. The Morgan fingerprint density at radius 2 is 0.870 bits per heavy atom. The zero-order valence-corrected chi connectivity index (χ0v) is 24.7. The van der Waals surface area contributed by atoms with Gasteiger partial charge in [0.2, 0.25) is 0 Å². The molecule has 3 heteroatoms. The van der Waals surface area contributed by atoms with E-state index in [1.54, 1.807) is 0 Å². The predicted molar refractivity (Wildman–Crippen MR) is 187 cm³/mol. The van der Waals surface area contributed by atoms with Gasteiger partial charge in [-0.25, -0.2) is 0 Å². The molecule has 0 N–H and O–H groups in total. The first-order valence-corrected chi connectivity index (χ1v) is 15.3. The lowest BCUT2D eigenvalue weighted by molar-refractivity contribution is 0.668. The molecule has 3 nitrogen and oxygen atoms in total. The van der Waals surface area contributed by atoms with Crippen LogP contribution in [0.4, 0.5) is 0 Å². The van der Waals surface area contributed by atoms with Gasteiger partial charge in [0.15, 0.2) is 0 Å². The maximum atomic E-state index is 9.77. The summed E-state index contributed by atoms with van der Waals surface area (Å²) in [5.41, 5.74) is 12.7. The van der Waals surface area contributed by atoms with Gasteiger partial charge in [-0.2, -0.15) is 5.26 Å². The molecule has 0 aliphatic carbocycles. The minimum atomic E-state index is 0.661. The third kappa shape index (κ3) is 4.28. The molecule has 214 valence electrons. The summed E-state index contributed by atoms with van der Waals surface area (Å²) in [6, 6.07) is 54.6. The Morgan fingerprint density at radius 3 is 1.63 bits per heavy atom. The van der Waals surface area contributed by atoms with Crippen molar-refractivity contribution in [1.82, 2.24) is 0 Å². The molecule has 0 unspecified atom stereocenters. The lowest BCUT2D eigenvalue weighted by atomic mass is 9.91. The first-order chi connectivity index (χ1) is 22.7. The van der Waals surface area contributed by atoms with E-state index in [0.717, 1.165) is 88.4 Å². The van der Waals surface area contributed by atoms with E-state index in [2.05, 4.69) is 97.1 Å². The Kier molecular flexibility index (Phi) is 5.88. The Bertz CT molecular complexity index is 2670. The van der Waals surface area contributed by atoms with Gasteiger partial charge >= 0.3 is 0 Å². The van der Waals surface area contributed by atoms with Crippen LogP contribution < -0.4 is 0 Å². The molecule has 0 amide bonds. The van der Waals surface area contributed by atoms with E-state index in [4.69, 9.17) is 8.83 Å². The third-order valence-electron chi connectivity index (χ3n) is 8.91. The summed E-state index contributed by atoms with van der Waals surface area (Å²) in [6.07, 6.45) is 0. The molecule has 7 aromatic carbocycles. The van der Waals surface area contributed by atoms with Gasteiger partial charge in [0.05, 0.1) is 11.6 Å². The van der Waals surface area contributed by atoms with Crippen LogP contribution in [0, 0.1) is 11.3 Å². The lowest BCUT2D eigenvalue weighted by Crippen LogP contribution is -1.88. The molecule has 46 heavy (non-hydrogen) atoms. The minimum absolute atomic E-state index is 0.661. The molecule has 2 heterocycles. The molecule has 9 aromatic rings. The fourth-order valence-electron chi connectivity index (χ4n) is 6.64. The molecule has 0 bridgehead atoms. The Hall–Kier alpha value is -6.37. The summed E-state index contributed by atoms with van der Waals surface area (Å²) in [7, 11) is 0. The minimum Gasteiger partial charge on any atom is -0.456 e. The van der Waals surface area contributed by atoms with Gasteiger partial charge in [0.1, 0.15) is 22.3 Å². The number of rotatable bonds is 4. The zero-order chi connectivity index (χ0) is 30.6. The number of benzene rings is 7. The molecule has 0 saturated carbocycles. The van der Waals surface area contributed by atoms with Crippen molar-refractivity contribution in [2.24, 2.45) is 0 Å². The van der Waals surface area contributed by atoms with Crippen LogP contribution >= 0.6 is 0 Å². The van der Waals surface area contributed by atoms with Crippen LogP contribution in [0.2, 0.25) is 0 Å². The van der Waals surface area contributed by atoms with Crippen LogP contribution in [0.3, 0.4) is 0 Å². The van der Waals surface area contributed by atoms with Crippen molar-refractivity contribution in [2.75, 3.05) is 0 Å². The molecule has 0 saturated heterocycles. The summed E-state index contributed by atoms with van der Waals surface area (Å²) in [5, 5.41) is 14.2. The van der Waals surface area contributed by atoms with E-state index in [9.17, 15) is 5.26 Å². The quantitative estimate of drug-likeness (QED) is 0.206. The van der Waals surface area contributed by atoms with Crippen LogP contribution in [-0.4, -0.2) is 0 Å². The first-order valence-electron chi connectivity index (χ1n) is 15.3. The number of hydrogen-bond acceptors (Lipinski definition) is 3. The fraction of sp³-hybridized carbons (Fsp3) is 0. The van der Waals surface area contributed by atoms with E-state index < -0.39 is 0 Å². The van der Waals surface area contributed by atoms with E-state index in [-0.39, 0.29) is 0 Å². The van der Waals surface area contributed by atoms with Crippen molar-refractivity contribution in [3.8, 4) is 50.6 Å². The van der Waals surface area contributed by atoms with Gasteiger partial charge in [-0.15, -0.1) is 0 Å². The van der Waals surface area contributed by atoms with Gasteiger partial charge in [0.25, 0.3) is 0 Å². The highest BCUT2D eigenvalue weighted by Crippen LogP contribution is 2.39. The van der Waals surface area contributed by atoms with Crippen LogP contribution in [0.1, 0.15) is 5.56 Å². The molecule has 0 fully saturated rings. The van der Waals surface area contributed by atoms with Gasteiger partial charge in [-0.1, -0.05) is 84.9 Å². The number of furan rings is 2. The second kappa shape index (κ2) is 10.4. The summed E-state index contributed by atoms with van der Waals surface area (Å²) in [4.78, 5) is 0. The van der Waals surface area contributed by atoms with Crippen LogP contribution in [0.25, 0.3) is 88.4 Å². The van der Waals surface area contributed by atoms with Crippen LogP contribution in [0.5, 0.6) is 0 Å². The molecule has 2 aromatic heterocycles. The van der Waals surface area contributed by atoms with Gasteiger partial charge in [-0.05, 0) is 111 Å². The van der Waals surface area contributed by atoms with E-state index in [1.165, 1.54) is 0 Å². The van der Waals surface area contributed by atoms with Crippen molar-refractivity contribution in [3.05, 3.63) is 157 Å². The Balaban J connectivity index is 1.25. The smallest absolute Gasteiger partial charge is 0.136 e. The standard InChI is InChI=1S/C43H25NO2/c44-26-31-8-1-2-11-35(31)30-10-7-9-27(20-30)32-21-33(28-17-19-42-39(24-28)37-13-4-6-15-41(37)45-42)23-34(22-32)29-16-18-38-36-12-3-5-14-40(36)46-43(38)25-29/h1-25H. The first kappa shape index (κ1) is 26.1. The third-order valence-corrected chi connectivity index (χ3v) is 8.91. The van der Waals surface area contributed by atoms with Crippen LogP contribution in [-0.2, 0) is 0 Å².